The van der Waals surface area contributed by atoms with Crippen molar-refractivity contribution in [2.75, 3.05) is 13.7 Å². The van der Waals surface area contributed by atoms with Crippen LogP contribution in [0.15, 0.2) is 43.0 Å². The predicted molar refractivity (Wildman–Crippen MR) is 143 cm³/mol. The maximum atomic E-state index is 13.5. The van der Waals surface area contributed by atoms with E-state index in [1.807, 2.05) is 52.0 Å². The summed E-state index contributed by atoms with van der Waals surface area (Å²) in [6.07, 6.45) is 7.67. The molecule has 3 N–H and O–H groups in total. The normalized spacial score (nSPS) is 29.2. The Kier molecular flexibility index (Phi) is 7.51. The Morgan fingerprint density at radius 1 is 1.43 bits per heavy atom. The zero-order chi connectivity index (χ0) is 27.0. The van der Waals surface area contributed by atoms with Crippen LogP contribution in [0.1, 0.15) is 63.6 Å². The van der Waals surface area contributed by atoms with Gasteiger partial charge in [0, 0.05) is 25.0 Å². The lowest BCUT2D eigenvalue weighted by Crippen LogP contribution is -2.63. The number of nitrogens with one attached hydrogen (secondary N) is 3. The Labute approximate surface area is 220 Å². The first-order chi connectivity index (χ1) is 17.5. The van der Waals surface area contributed by atoms with Crippen molar-refractivity contribution in [3.63, 3.8) is 0 Å². The quantitative estimate of drug-likeness (QED) is 0.437. The molecule has 2 amide bonds. The van der Waals surface area contributed by atoms with Gasteiger partial charge in [0.1, 0.15) is 11.4 Å². The fourth-order valence-electron chi connectivity index (χ4n) is 5.60. The minimum Gasteiger partial charge on any atom is -0.487 e. The molecule has 0 bridgehead atoms. The second-order valence-corrected chi connectivity index (χ2v) is 11.2. The maximum absolute atomic E-state index is 13.5. The number of rotatable bonds is 9. The van der Waals surface area contributed by atoms with E-state index < -0.39 is 17.2 Å². The fraction of sp³-hybridized carbons (Fsp3) is 0.552. The van der Waals surface area contributed by atoms with Crippen LogP contribution in [0.4, 0.5) is 0 Å². The molecule has 200 valence electrons. The second kappa shape index (κ2) is 10.3. The molecule has 0 spiro atoms. The molecule has 8 heteroatoms. The molecule has 1 saturated heterocycles. The molecule has 1 aromatic rings. The van der Waals surface area contributed by atoms with Gasteiger partial charge >= 0.3 is 0 Å². The number of methoxy groups -OCH3 is 1. The topological polar surface area (TPSA) is 104 Å². The predicted octanol–water partition coefficient (Wildman–Crippen LogP) is 4.01. The van der Waals surface area contributed by atoms with Crippen molar-refractivity contribution in [3.8, 4) is 5.75 Å². The lowest BCUT2D eigenvalue weighted by Gasteiger charge is -2.43. The summed E-state index contributed by atoms with van der Waals surface area (Å²) in [5.41, 5.74) is 1.10. The molecule has 1 aliphatic carbocycles. The summed E-state index contributed by atoms with van der Waals surface area (Å²) in [5.74, 6) is 0.366. The lowest BCUT2D eigenvalue weighted by atomic mass is 9.88. The molecule has 2 heterocycles. The number of hydrogen-bond acceptors (Lipinski definition) is 5. The van der Waals surface area contributed by atoms with Gasteiger partial charge in [-0.05, 0) is 45.6 Å². The van der Waals surface area contributed by atoms with Crippen LogP contribution in [0.25, 0.3) is 0 Å². The zero-order valence-corrected chi connectivity index (χ0v) is 22.6. The summed E-state index contributed by atoms with van der Waals surface area (Å²) < 4.78 is 11.3. The Bertz CT molecular complexity index is 1090. The van der Waals surface area contributed by atoms with Crippen molar-refractivity contribution >= 4 is 17.8 Å². The van der Waals surface area contributed by atoms with E-state index in [9.17, 15) is 9.59 Å². The van der Waals surface area contributed by atoms with E-state index in [1.165, 1.54) is 4.90 Å². The molecule has 2 aliphatic heterocycles. The van der Waals surface area contributed by atoms with Crippen molar-refractivity contribution in [3.05, 3.63) is 54.1 Å². The van der Waals surface area contributed by atoms with Crippen LogP contribution in [0, 0.1) is 24.2 Å². The molecule has 37 heavy (non-hydrogen) atoms. The van der Waals surface area contributed by atoms with Gasteiger partial charge in [0.25, 0.3) is 0 Å². The van der Waals surface area contributed by atoms with E-state index in [1.54, 1.807) is 13.2 Å². The average molecular weight is 509 g/mol. The van der Waals surface area contributed by atoms with Gasteiger partial charge < -0.3 is 20.1 Å². The van der Waals surface area contributed by atoms with Gasteiger partial charge in [-0.2, -0.15) is 0 Å². The molecule has 3 aliphatic rings. The molecular formula is C29H40N4O4. The van der Waals surface area contributed by atoms with Crippen molar-refractivity contribution in [1.29, 1.82) is 5.41 Å². The Hall–Kier alpha value is -3.13. The van der Waals surface area contributed by atoms with Crippen molar-refractivity contribution in [2.24, 2.45) is 11.8 Å². The van der Waals surface area contributed by atoms with Crippen molar-refractivity contribution < 1.29 is 19.1 Å². The highest BCUT2D eigenvalue weighted by Gasteiger charge is 2.53. The highest BCUT2D eigenvalue weighted by molar-refractivity contribution is 6.00. The zero-order valence-electron chi connectivity index (χ0n) is 22.6. The minimum atomic E-state index is -0.618. The van der Waals surface area contributed by atoms with E-state index in [-0.39, 0.29) is 42.1 Å². The van der Waals surface area contributed by atoms with E-state index >= 15 is 0 Å². The number of aryl methyl sites for hydroxylation is 1. The second-order valence-electron chi connectivity index (χ2n) is 11.2. The molecule has 1 saturated carbocycles. The third kappa shape index (κ3) is 5.59. The number of benzene rings is 1. The van der Waals surface area contributed by atoms with E-state index in [0.717, 1.165) is 16.9 Å². The van der Waals surface area contributed by atoms with E-state index in [2.05, 4.69) is 23.3 Å². The van der Waals surface area contributed by atoms with Crippen LogP contribution in [0.3, 0.4) is 0 Å². The largest absolute Gasteiger partial charge is 0.487 e. The van der Waals surface area contributed by atoms with Gasteiger partial charge in [0.05, 0.1) is 30.7 Å². The Morgan fingerprint density at radius 2 is 2.19 bits per heavy atom. The fourth-order valence-corrected chi connectivity index (χ4v) is 5.60. The van der Waals surface area contributed by atoms with Crippen LogP contribution >= 0.6 is 0 Å². The van der Waals surface area contributed by atoms with Crippen LogP contribution in [0.5, 0.6) is 5.75 Å². The standard InChI is InChI=1S/C29H40N4O4/c1-7-29(8-2)17-25(34)33(27(30)32-29)23(10-9-13-36-6)19-15-20(19)26(35)31-22-16-28(4,5)37-24-12-11-18(3)14-21(22)24/h7,9-12,14,19-20,22-23H,1,8,13,15-17H2,2-6H3,(H2,30,32)(H,31,35)/b10-9+/t19-,20-,22+,23?,29-/m1/s1. The van der Waals surface area contributed by atoms with Gasteiger partial charge in [-0.15, -0.1) is 6.58 Å². The number of hydrogen-bond donors (Lipinski definition) is 3. The molecule has 1 aromatic carbocycles. The van der Waals surface area contributed by atoms with Crippen LogP contribution in [-0.4, -0.2) is 53.6 Å². The monoisotopic (exact) mass is 508 g/mol. The molecular weight excluding hydrogens is 468 g/mol. The summed E-state index contributed by atoms with van der Waals surface area (Å²) in [6, 6.07) is 5.52. The number of nitrogens with zero attached hydrogens (tertiary/aromatic N) is 1. The third-order valence-corrected chi connectivity index (χ3v) is 7.81. The van der Waals surface area contributed by atoms with Crippen LogP contribution < -0.4 is 15.4 Å². The highest BCUT2D eigenvalue weighted by atomic mass is 16.5. The summed E-state index contributed by atoms with van der Waals surface area (Å²) >= 11 is 0. The number of amides is 2. The molecule has 2 fully saturated rings. The Balaban J connectivity index is 1.52. The van der Waals surface area contributed by atoms with Gasteiger partial charge in [-0.1, -0.05) is 42.8 Å². The lowest BCUT2D eigenvalue weighted by molar-refractivity contribution is -0.132. The summed E-state index contributed by atoms with van der Waals surface area (Å²) in [6.45, 7) is 12.3. The first-order valence-corrected chi connectivity index (χ1v) is 13.1. The molecule has 5 atom stereocenters. The number of guanidine groups is 1. The summed E-state index contributed by atoms with van der Waals surface area (Å²) in [5, 5.41) is 15.1. The molecule has 1 unspecified atom stereocenters. The highest BCUT2D eigenvalue weighted by Crippen LogP contribution is 2.46. The van der Waals surface area contributed by atoms with Crippen molar-refractivity contribution in [1.82, 2.24) is 15.5 Å². The van der Waals surface area contributed by atoms with Crippen molar-refractivity contribution in [2.45, 2.75) is 76.6 Å². The van der Waals surface area contributed by atoms with Gasteiger partial charge in [-0.3, -0.25) is 19.9 Å². The molecule has 8 nitrogen and oxygen atoms in total. The van der Waals surface area contributed by atoms with E-state index in [4.69, 9.17) is 14.9 Å². The molecule has 0 radical (unpaired) electrons. The van der Waals surface area contributed by atoms with E-state index in [0.29, 0.717) is 25.9 Å². The molecule has 4 rings (SSSR count). The first kappa shape index (κ1) is 26.9. The first-order valence-electron chi connectivity index (χ1n) is 13.1. The average Bonchev–Trinajstić information content (AvgIpc) is 3.63. The minimum absolute atomic E-state index is 0.0248. The van der Waals surface area contributed by atoms with Crippen LogP contribution in [-0.2, 0) is 14.3 Å². The number of carbonyl (C=O) groups excluding carboxylic acids is 2. The number of ether oxygens (including phenoxy) is 2. The number of fused-ring (bicyclic) bond motifs is 1. The van der Waals surface area contributed by atoms with Gasteiger partial charge in [-0.25, -0.2) is 0 Å². The Morgan fingerprint density at radius 3 is 2.84 bits per heavy atom. The summed E-state index contributed by atoms with van der Waals surface area (Å²) in [4.78, 5) is 28.3. The van der Waals surface area contributed by atoms with Gasteiger partial charge in [0.15, 0.2) is 5.96 Å². The van der Waals surface area contributed by atoms with Crippen LogP contribution in [0.2, 0.25) is 0 Å². The van der Waals surface area contributed by atoms with Gasteiger partial charge in [0.2, 0.25) is 11.8 Å². The SMILES string of the molecule is C=C[C@@]1(CC)CC(=O)N(C(/C=C/COC)[C@@H]2C[C@H]2C(=O)N[C@H]2CC(C)(C)Oc3ccc(C)cc32)C(=N)N1. The summed E-state index contributed by atoms with van der Waals surface area (Å²) in [7, 11) is 1.61. The smallest absolute Gasteiger partial charge is 0.232 e. The third-order valence-electron chi connectivity index (χ3n) is 7.81. The number of carbonyl (C=O) groups is 2. The molecule has 0 aromatic heterocycles. The maximum Gasteiger partial charge on any atom is 0.232 e.